The highest BCUT2D eigenvalue weighted by molar-refractivity contribution is 7.00. The molecule has 0 N–H and O–H groups in total. The zero-order valence-electron chi connectivity index (χ0n) is 36.4. The van der Waals surface area contributed by atoms with Crippen molar-refractivity contribution in [1.82, 2.24) is 0 Å². The molecule has 7 heteroatoms. The van der Waals surface area contributed by atoms with E-state index in [9.17, 15) is 0 Å². The van der Waals surface area contributed by atoms with Gasteiger partial charge in [-0.05, 0) is 134 Å². The molecular weight excluding hydrogens is 811 g/mol. The van der Waals surface area contributed by atoms with E-state index in [4.69, 9.17) is 18.9 Å². The molecule has 4 aliphatic rings. The van der Waals surface area contributed by atoms with Crippen molar-refractivity contribution in [3.8, 4) is 67.5 Å². The number of hydrogen-bond acceptors (Lipinski definition) is 6. The quantitative estimate of drug-likeness (QED) is 0.155. The highest BCUT2D eigenvalue weighted by atomic mass is 16.6. The zero-order chi connectivity index (χ0) is 43.7. The smallest absolute Gasteiger partial charge is 0.252 e. The largest absolute Gasteiger partial charge is 0.486 e. The van der Waals surface area contributed by atoms with E-state index in [-0.39, 0.29) is 6.71 Å². The predicted octanol–water partition coefficient (Wildman–Crippen LogP) is 12.3. The van der Waals surface area contributed by atoms with Crippen LogP contribution in [0, 0.1) is 6.92 Å². The highest BCUT2D eigenvalue weighted by Gasteiger charge is 2.45. The lowest BCUT2D eigenvalue weighted by Crippen LogP contribution is -2.61. The van der Waals surface area contributed by atoms with Gasteiger partial charge in [-0.3, -0.25) is 0 Å². The molecule has 0 saturated carbocycles. The molecule has 13 rings (SSSR count). The second-order valence-corrected chi connectivity index (χ2v) is 17.4. The van der Waals surface area contributed by atoms with Crippen LogP contribution in [0.2, 0.25) is 0 Å². The van der Waals surface area contributed by atoms with Gasteiger partial charge in [0.25, 0.3) is 6.71 Å². The maximum absolute atomic E-state index is 6.41. The van der Waals surface area contributed by atoms with Crippen molar-refractivity contribution < 1.29 is 18.9 Å². The summed E-state index contributed by atoms with van der Waals surface area (Å²) in [6, 6.07) is 70.3. The maximum Gasteiger partial charge on any atom is 0.252 e. The molecule has 316 valence electrons. The van der Waals surface area contributed by atoms with Gasteiger partial charge in [0.1, 0.15) is 26.4 Å². The van der Waals surface area contributed by atoms with Crippen LogP contribution in [0.15, 0.2) is 194 Å². The van der Waals surface area contributed by atoms with Crippen LogP contribution in [0.1, 0.15) is 5.56 Å². The second kappa shape index (κ2) is 15.5. The Morgan fingerprint density at radius 2 is 0.652 bits per heavy atom. The first-order chi connectivity index (χ1) is 32.6. The molecule has 66 heavy (non-hydrogen) atoms. The van der Waals surface area contributed by atoms with Gasteiger partial charge in [-0.25, -0.2) is 0 Å². The molecule has 0 saturated heterocycles. The van der Waals surface area contributed by atoms with Crippen molar-refractivity contribution >= 4 is 57.2 Å². The molecule has 0 atom stereocenters. The van der Waals surface area contributed by atoms with Gasteiger partial charge in [-0.2, -0.15) is 0 Å². The summed E-state index contributed by atoms with van der Waals surface area (Å²) in [5, 5.41) is 0. The molecule has 4 heterocycles. The van der Waals surface area contributed by atoms with E-state index in [1.165, 1.54) is 5.46 Å². The van der Waals surface area contributed by atoms with Crippen molar-refractivity contribution in [2.45, 2.75) is 6.92 Å². The lowest BCUT2D eigenvalue weighted by Gasteiger charge is -2.45. The molecule has 4 aliphatic heterocycles. The molecule has 0 aliphatic carbocycles. The number of fused-ring (bicyclic) bond motifs is 6. The average Bonchev–Trinajstić information content (AvgIpc) is 3.38. The maximum atomic E-state index is 6.41. The molecule has 6 nitrogen and oxygen atoms in total. The Morgan fingerprint density at radius 3 is 0.985 bits per heavy atom. The minimum Gasteiger partial charge on any atom is -0.486 e. The predicted molar refractivity (Wildman–Crippen MR) is 269 cm³/mol. The molecule has 9 aromatic rings. The van der Waals surface area contributed by atoms with Gasteiger partial charge in [0.2, 0.25) is 0 Å². The molecule has 0 amide bonds. The Kier molecular flexibility index (Phi) is 9.02. The zero-order valence-corrected chi connectivity index (χ0v) is 36.4. The van der Waals surface area contributed by atoms with E-state index in [1.54, 1.807) is 0 Å². The van der Waals surface area contributed by atoms with Gasteiger partial charge in [-0.1, -0.05) is 121 Å². The minimum atomic E-state index is -0.184. The van der Waals surface area contributed by atoms with Crippen molar-refractivity contribution in [2.75, 3.05) is 36.2 Å². The van der Waals surface area contributed by atoms with Crippen molar-refractivity contribution in [3.63, 3.8) is 0 Å². The summed E-state index contributed by atoms with van der Waals surface area (Å²) in [5.41, 5.74) is 20.2. The minimum absolute atomic E-state index is 0.184. The summed E-state index contributed by atoms with van der Waals surface area (Å²) in [7, 11) is 0. The van der Waals surface area contributed by atoms with Gasteiger partial charge >= 0.3 is 0 Å². The molecule has 0 unspecified atom stereocenters. The van der Waals surface area contributed by atoms with Crippen LogP contribution < -0.4 is 45.1 Å². The number of aryl methyl sites for hydroxylation is 1. The number of nitrogens with zero attached hydrogens (tertiary/aromatic N) is 2. The Bertz CT molecular complexity index is 3010. The number of benzene rings is 9. The second-order valence-electron chi connectivity index (χ2n) is 17.4. The normalized spacial score (nSPS) is 14.0. The van der Waals surface area contributed by atoms with Crippen LogP contribution >= 0.6 is 0 Å². The number of rotatable bonds is 6. The van der Waals surface area contributed by atoms with Gasteiger partial charge in [0.05, 0.1) is 0 Å². The molecule has 0 bridgehead atoms. The molecular formula is C59H43BN2O4. The first kappa shape index (κ1) is 38.3. The van der Waals surface area contributed by atoms with Crippen molar-refractivity contribution in [3.05, 3.63) is 200 Å². The first-order valence-corrected chi connectivity index (χ1v) is 22.7. The number of anilines is 6. The van der Waals surface area contributed by atoms with E-state index in [0.717, 1.165) is 118 Å². The third-order valence-corrected chi connectivity index (χ3v) is 13.3. The van der Waals surface area contributed by atoms with E-state index in [1.807, 2.05) is 0 Å². The lowest BCUT2D eigenvalue weighted by molar-refractivity contribution is 0.172. The summed E-state index contributed by atoms with van der Waals surface area (Å²) in [5.74, 6) is 3.00. The van der Waals surface area contributed by atoms with Crippen molar-refractivity contribution in [2.24, 2.45) is 0 Å². The van der Waals surface area contributed by atoms with E-state index >= 15 is 0 Å². The fourth-order valence-electron chi connectivity index (χ4n) is 10.4. The Hall–Kier alpha value is -8.16. The highest BCUT2D eigenvalue weighted by Crippen LogP contribution is 2.50. The Balaban J connectivity index is 1.12. The van der Waals surface area contributed by atoms with Gasteiger partial charge < -0.3 is 28.7 Å². The van der Waals surface area contributed by atoms with Crippen LogP contribution in [0.5, 0.6) is 23.0 Å². The SMILES string of the molecule is Cc1cc2c3c(c1)N(c1cc(-c4ccccc4)cc(-c4ccccc4)c1)c1cc4c(cc1B3c1cc3c(cc1N2c1cc(-c2ccccc2)cc(-c2ccccc2)c1)OCCO3)OCCO4. The molecule has 0 fully saturated rings. The van der Waals surface area contributed by atoms with Crippen LogP contribution in [-0.4, -0.2) is 33.1 Å². The monoisotopic (exact) mass is 854 g/mol. The standard InChI is InChI=1S/C59H43BN2O4/c1-38-26-53-59-54(27-38)62(48-32-45(41-18-10-4-11-19-41)29-46(33-48)42-20-12-5-13-21-42)52-37-58-56(64-23-25-66-58)35-50(52)60(59)49-34-55-57(65-24-22-63-55)36-51(49)61(53)47-30-43(39-14-6-2-7-15-39)28-44(31-47)40-16-8-3-9-17-40/h2-21,26-37H,22-25H2,1H3. The Labute approximate surface area is 384 Å². The summed E-state index contributed by atoms with van der Waals surface area (Å²) in [6.07, 6.45) is 0. The topological polar surface area (TPSA) is 43.4 Å². The number of ether oxygens (including phenoxy) is 4. The van der Waals surface area contributed by atoms with Crippen LogP contribution in [0.25, 0.3) is 44.5 Å². The van der Waals surface area contributed by atoms with E-state index in [0.29, 0.717) is 26.4 Å². The Morgan fingerprint density at radius 1 is 0.333 bits per heavy atom. The fourth-order valence-corrected chi connectivity index (χ4v) is 10.4. The summed E-state index contributed by atoms with van der Waals surface area (Å²) in [4.78, 5) is 4.93. The average molecular weight is 855 g/mol. The summed E-state index contributed by atoms with van der Waals surface area (Å²) in [6.45, 7) is 4.00. The van der Waals surface area contributed by atoms with Crippen LogP contribution in [0.3, 0.4) is 0 Å². The van der Waals surface area contributed by atoms with Gasteiger partial charge in [-0.15, -0.1) is 0 Å². The van der Waals surface area contributed by atoms with Gasteiger partial charge in [0, 0.05) is 46.3 Å². The number of hydrogen-bond donors (Lipinski definition) is 0. The fraction of sp³-hybridized carbons (Fsp3) is 0.0847. The molecule has 0 aromatic heterocycles. The summed E-state index contributed by atoms with van der Waals surface area (Å²) < 4.78 is 25.6. The van der Waals surface area contributed by atoms with Gasteiger partial charge in [0.15, 0.2) is 23.0 Å². The molecule has 0 radical (unpaired) electrons. The third kappa shape index (κ3) is 6.41. The van der Waals surface area contributed by atoms with E-state index < -0.39 is 0 Å². The third-order valence-electron chi connectivity index (χ3n) is 13.3. The van der Waals surface area contributed by atoms with E-state index in [2.05, 4.69) is 211 Å². The first-order valence-electron chi connectivity index (χ1n) is 22.7. The summed E-state index contributed by atoms with van der Waals surface area (Å²) >= 11 is 0. The van der Waals surface area contributed by atoms with Crippen LogP contribution in [-0.2, 0) is 0 Å². The van der Waals surface area contributed by atoms with Crippen LogP contribution in [0.4, 0.5) is 34.1 Å². The van der Waals surface area contributed by atoms with Crippen molar-refractivity contribution in [1.29, 1.82) is 0 Å². The lowest BCUT2D eigenvalue weighted by atomic mass is 9.33. The molecule has 0 spiro atoms. The molecule has 9 aromatic carbocycles.